The van der Waals surface area contributed by atoms with Crippen molar-refractivity contribution in [3.05, 3.63) is 5.92 Å². The van der Waals surface area contributed by atoms with E-state index in [1.807, 2.05) is 0 Å². The average Bonchev–Trinajstić information content (AvgIpc) is 2.33. The molecule has 1 atom stereocenters. The molecule has 2 rings (SSSR count). The molecule has 1 heterocycles. The molecule has 1 unspecified atom stereocenters. The Morgan fingerprint density at radius 1 is 1.21 bits per heavy atom. The minimum absolute atomic E-state index is 0. The topological polar surface area (TPSA) is 3.24 Å². The van der Waals surface area contributed by atoms with Crippen LogP contribution in [0.4, 0.5) is 0 Å². The van der Waals surface area contributed by atoms with Crippen molar-refractivity contribution in [2.45, 2.75) is 52.0 Å². The van der Waals surface area contributed by atoms with Crippen molar-refractivity contribution in [3.8, 4) is 0 Å². The summed E-state index contributed by atoms with van der Waals surface area (Å²) in [6, 6.07) is 0.720. The summed E-state index contributed by atoms with van der Waals surface area (Å²) in [5.74, 6) is 1.76. The van der Waals surface area contributed by atoms with Crippen molar-refractivity contribution in [1.82, 2.24) is 4.90 Å². The predicted molar refractivity (Wildman–Crippen MR) is 56.5 cm³/mol. The van der Waals surface area contributed by atoms with Crippen LogP contribution in [-0.2, 0) is 32.7 Å². The third kappa shape index (κ3) is 2.10. The zero-order chi connectivity index (χ0) is 9.47. The molecule has 1 spiro atoms. The molecule has 1 saturated carbocycles. The monoisotopic (exact) mass is 269 g/mol. The zero-order valence-electron chi connectivity index (χ0n) is 9.84. The summed E-state index contributed by atoms with van der Waals surface area (Å²) in [6.07, 6.45) is 7.28. The Morgan fingerprint density at radius 2 is 1.79 bits per heavy atom. The van der Waals surface area contributed by atoms with Crippen LogP contribution in [0.3, 0.4) is 0 Å². The van der Waals surface area contributed by atoms with Crippen molar-refractivity contribution in [3.63, 3.8) is 0 Å². The van der Waals surface area contributed by atoms with E-state index in [4.69, 9.17) is 0 Å². The molecule has 2 aliphatic rings. The van der Waals surface area contributed by atoms with Gasteiger partial charge in [0.2, 0.25) is 0 Å². The molecule has 1 aliphatic heterocycles. The first kappa shape index (κ1) is 13.1. The van der Waals surface area contributed by atoms with Crippen molar-refractivity contribution in [2.75, 3.05) is 13.6 Å². The molecular formula is C12H22NY+2. The van der Waals surface area contributed by atoms with Crippen molar-refractivity contribution in [1.29, 1.82) is 0 Å². The molecule has 0 aromatic heterocycles. The molecule has 0 aromatic carbocycles. The summed E-state index contributed by atoms with van der Waals surface area (Å²) in [7, 11) is 2.28. The summed E-state index contributed by atoms with van der Waals surface area (Å²) in [6.45, 7) is 6.07. The Hall–Kier alpha value is 1.06. The predicted octanol–water partition coefficient (Wildman–Crippen LogP) is 2.86. The number of hydrogen-bond acceptors (Lipinski definition) is 1. The first-order valence-electron chi connectivity index (χ1n) is 5.70. The zero-order valence-corrected chi connectivity index (χ0v) is 12.7. The fraction of sp³-hybridized carbons (Fsp3) is 0.917. The van der Waals surface area contributed by atoms with Crippen LogP contribution in [-0.4, -0.2) is 24.5 Å². The minimum Gasteiger partial charge on any atom is -0.335 e. The molecule has 0 bridgehead atoms. The molecule has 2 heteroatoms. The molecule has 14 heavy (non-hydrogen) atoms. The summed E-state index contributed by atoms with van der Waals surface area (Å²) in [5.41, 5.74) is 0.617. The first-order valence-corrected chi connectivity index (χ1v) is 5.70. The molecule has 0 amide bonds. The standard InChI is InChI=1S/C12H22N.Y/c1-10-11(2)13(3)9-12(10)7-5-4-6-8-12;/h11H,4-9H2,1-3H3;/q-1;+3. The van der Waals surface area contributed by atoms with Crippen LogP contribution in [0.2, 0.25) is 0 Å². The van der Waals surface area contributed by atoms with E-state index in [1.165, 1.54) is 38.6 Å². The molecule has 0 N–H and O–H groups in total. The number of nitrogens with zero attached hydrogens (tertiary/aromatic N) is 1. The van der Waals surface area contributed by atoms with E-state index in [1.54, 1.807) is 5.92 Å². The minimum atomic E-state index is 0. The number of hydrogen-bond donors (Lipinski definition) is 0. The molecule has 1 aliphatic carbocycles. The van der Waals surface area contributed by atoms with Gasteiger partial charge < -0.3 is 4.90 Å². The maximum Gasteiger partial charge on any atom is 3.00 e. The second kappa shape index (κ2) is 4.93. The van der Waals surface area contributed by atoms with Gasteiger partial charge in [-0.2, -0.15) is 6.92 Å². The van der Waals surface area contributed by atoms with Crippen molar-refractivity contribution >= 4 is 0 Å². The second-order valence-electron chi connectivity index (χ2n) is 5.12. The summed E-state index contributed by atoms with van der Waals surface area (Å²) < 4.78 is 0. The van der Waals surface area contributed by atoms with Crippen LogP contribution in [0.5, 0.6) is 0 Å². The van der Waals surface area contributed by atoms with Gasteiger partial charge in [0.05, 0.1) is 0 Å². The first-order chi connectivity index (χ1) is 6.16. The summed E-state index contributed by atoms with van der Waals surface area (Å²) in [4.78, 5) is 2.53. The Bertz CT molecular complexity index is 187. The fourth-order valence-electron chi connectivity index (χ4n) is 3.29. The normalized spacial score (nSPS) is 33.2. The van der Waals surface area contributed by atoms with E-state index < -0.39 is 0 Å². The fourth-order valence-corrected chi connectivity index (χ4v) is 3.29. The van der Waals surface area contributed by atoms with Gasteiger partial charge in [-0.05, 0) is 13.6 Å². The van der Waals surface area contributed by atoms with E-state index in [0.29, 0.717) is 5.41 Å². The van der Waals surface area contributed by atoms with Gasteiger partial charge in [-0.3, -0.25) is 5.92 Å². The Balaban J connectivity index is 0.000000980. The molecular weight excluding hydrogens is 247 g/mol. The molecule has 2 fully saturated rings. The van der Waals surface area contributed by atoms with Gasteiger partial charge >= 0.3 is 32.7 Å². The average molecular weight is 269 g/mol. The number of likely N-dealkylation sites (tertiary alicyclic amines) is 1. The van der Waals surface area contributed by atoms with Crippen molar-refractivity contribution in [2.24, 2.45) is 5.41 Å². The SMILES string of the molecule is C[C-]1C(C)N(C)CC12CCCCC2.[Y+3]. The van der Waals surface area contributed by atoms with E-state index in [-0.39, 0.29) is 32.7 Å². The van der Waals surface area contributed by atoms with E-state index >= 15 is 0 Å². The van der Waals surface area contributed by atoms with Crippen LogP contribution in [0.25, 0.3) is 0 Å². The second-order valence-corrected chi connectivity index (χ2v) is 5.12. The smallest absolute Gasteiger partial charge is 0.335 e. The van der Waals surface area contributed by atoms with Crippen LogP contribution in [0, 0.1) is 11.3 Å². The van der Waals surface area contributed by atoms with Crippen LogP contribution < -0.4 is 0 Å². The summed E-state index contributed by atoms with van der Waals surface area (Å²) in [5, 5.41) is 0. The van der Waals surface area contributed by atoms with Crippen LogP contribution in [0.15, 0.2) is 0 Å². The molecule has 1 nitrogen and oxygen atoms in total. The van der Waals surface area contributed by atoms with Gasteiger partial charge in [0, 0.05) is 0 Å². The molecule has 0 radical (unpaired) electrons. The van der Waals surface area contributed by atoms with Crippen molar-refractivity contribution < 1.29 is 32.7 Å². The Kier molecular flexibility index (Phi) is 4.62. The maximum absolute atomic E-state index is 2.53. The van der Waals surface area contributed by atoms with Crippen LogP contribution >= 0.6 is 0 Å². The Morgan fingerprint density at radius 3 is 2.21 bits per heavy atom. The molecule has 1 saturated heterocycles. The third-order valence-corrected chi connectivity index (χ3v) is 4.49. The molecule has 76 valence electrons. The summed E-state index contributed by atoms with van der Waals surface area (Å²) >= 11 is 0. The van der Waals surface area contributed by atoms with Gasteiger partial charge in [-0.25, -0.2) is 0 Å². The third-order valence-electron chi connectivity index (χ3n) is 4.49. The molecule has 0 aromatic rings. The van der Waals surface area contributed by atoms with E-state index in [2.05, 4.69) is 25.8 Å². The Labute approximate surface area is 114 Å². The van der Waals surface area contributed by atoms with Gasteiger partial charge in [-0.1, -0.05) is 39.0 Å². The maximum atomic E-state index is 2.53. The van der Waals surface area contributed by atoms with Gasteiger partial charge in [-0.15, -0.1) is 11.5 Å². The van der Waals surface area contributed by atoms with Gasteiger partial charge in [0.25, 0.3) is 0 Å². The van der Waals surface area contributed by atoms with Gasteiger partial charge in [0.15, 0.2) is 0 Å². The number of rotatable bonds is 0. The van der Waals surface area contributed by atoms with E-state index in [0.717, 1.165) is 6.04 Å². The van der Waals surface area contributed by atoms with E-state index in [9.17, 15) is 0 Å². The quantitative estimate of drug-likeness (QED) is 0.611. The van der Waals surface area contributed by atoms with Gasteiger partial charge in [0.1, 0.15) is 0 Å². The largest absolute Gasteiger partial charge is 3.00 e. The van der Waals surface area contributed by atoms with Crippen LogP contribution in [0.1, 0.15) is 46.0 Å².